The van der Waals surface area contributed by atoms with Gasteiger partial charge in [-0.15, -0.1) is 0 Å². The summed E-state index contributed by atoms with van der Waals surface area (Å²) in [6.45, 7) is 2.37. The molecule has 6 nitrogen and oxygen atoms in total. The van der Waals surface area contributed by atoms with Gasteiger partial charge < -0.3 is 10.1 Å². The van der Waals surface area contributed by atoms with Gasteiger partial charge in [-0.2, -0.15) is 4.98 Å². The average molecular weight is 272 g/mol. The number of aryl methyl sites for hydroxylation is 1. The summed E-state index contributed by atoms with van der Waals surface area (Å²) in [6.07, 6.45) is 7.47. The summed E-state index contributed by atoms with van der Waals surface area (Å²) in [4.78, 5) is 23.8. The number of carbonyl (C=O) groups is 1. The van der Waals surface area contributed by atoms with Gasteiger partial charge in [0.05, 0.1) is 19.0 Å². The van der Waals surface area contributed by atoms with Crippen molar-refractivity contribution in [1.29, 1.82) is 0 Å². The van der Waals surface area contributed by atoms with Crippen molar-refractivity contribution >= 4 is 11.7 Å². The number of pyridine rings is 1. The van der Waals surface area contributed by atoms with Crippen LogP contribution in [0.4, 0.5) is 5.82 Å². The molecule has 104 valence electrons. The number of nitrogens with one attached hydrogen (secondary N) is 1. The summed E-state index contributed by atoms with van der Waals surface area (Å²) in [5.74, 6) is 0.694. The van der Waals surface area contributed by atoms with E-state index in [9.17, 15) is 4.79 Å². The molecule has 6 heteroatoms. The third-order valence-electron chi connectivity index (χ3n) is 2.56. The lowest BCUT2D eigenvalue weighted by atomic mass is 10.1. The van der Waals surface area contributed by atoms with E-state index in [1.807, 2.05) is 19.1 Å². The summed E-state index contributed by atoms with van der Waals surface area (Å²) in [7, 11) is 0. The van der Waals surface area contributed by atoms with Gasteiger partial charge in [0.15, 0.2) is 5.82 Å². The monoisotopic (exact) mass is 272 g/mol. The molecule has 1 amide bonds. The number of carbonyl (C=O) groups excluding carboxylic acids is 1. The lowest BCUT2D eigenvalue weighted by molar-refractivity contribution is -0.116. The number of hydrogen-bond acceptors (Lipinski definition) is 5. The summed E-state index contributed by atoms with van der Waals surface area (Å²) >= 11 is 0. The molecule has 0 bridgehead atoms. The van der Waals surface area contributed by atoms with Crippen molar-refractivity contribution in [2.24, 2.45) is 0 Å². The summed E-state index contributed by atoms with van der Waals surface area (Å²) in [5.41, 5.74) is 1.07. The smallest absolute Gasteiger partial charge is 0.234 e. The van der Waals surface area contributed by atoms with Crippen molar-refractivity contribution in [3.05, 3.63) is 42.5 Å². The Morgan fingerprint density at radius 3 is 2.80 bits per heavy atom. The van der Waals surface area contributed by atoms with Crippen molar-refractivity contribution < 1.29 is 9.53 Å². The number of amides is 1. The zero-order valence-electron chi connectivity index (χ0n) is 11.2. The second-order valence-corrected chi connectivity index (χ2v) is 4.08. The van der Waals surface area contributed by atoms with Crippen LogP contribution in [0.15, 0.2) is 36.9 Å². The van der Waals surface area contributed by atoms with Crippen molar-refractivity contribution in [3.63, 3.8) is 0 Å². The Hall–Kier alpha value is -2.50. The van der Waals surface area contributed by atoms with Crippen LogP contribution >= 0.6 is 0 Å². The van der Waals surface area contributed by atoms with E-state index in [0.717, 1.165) is 5.56 Å². The lowest BCUT2D eigenvalue weighted by Crippen LogP contribution is -2.14. The van der Waals surface area contributed by atoms with E-state index in [-0.39, 0.29) is 5.91 Å². The number of ether oxygens (including phenoxy) is 1. The van der Waals surface area contributed by atoms with Crippen LogP contribution in [0.1, 0.15) is 18.9 Å². The van der Waals surface area contributed by atoms with Gasteiger partial charge in [-0.1, -0.05) is 0 Å². The summed E-state index contributed by atoms with van der Waals surface area (Å²) in [6, 6.07) is 3.78. The second-order valence-electron chi connectivity index (χ2n) is 4.08. The van der Waals surface area contributed by atoms with E-state index in [4.69, 9.17) is 4.74 Å². The van der Waals surface area contributed by atoms with Crippen LogP contribution in [0.25, 0.3) is 0 Å². The van der Waals surface area contributed by atoms with E-state index in [0.29, 0.717) is 31.1 Å². The number of nitrogens with zero attached hydrogens (tertiary/aromatic N) is 3. The number of hydrogen-bond donors (Lipinski definition) is 1. The highest BCUT2D eigenvalue weighted by molar-refractivity contribution is 5.89. The van der Waals surface area contributed by atoms with Crippen LogP contribution in [0.3, 0.4) is 0 Å². The molecule has 1 N–H and O–H groups in total. The van der Waals surface area contributed by atoms with Crippen molar-refractivity contribution in [2.75, 3.05) is 11.9 Å². The molecule has 0 aliphatic rings. The van der Waals surface area contributed by atoms with E-state index in [1.54, 1.807) is 12.4 Å². The molecule has 0 fully saturated rings. The molecule has 0 saturated carbocycles. The quantitative estimate of drug-likeness (QED) is 0.868. The third kappa shape index (κ3) is 4.31. The van der Waals surface area contributed by atoms with Gasteiger partial charge >= 0.3 is 0 Å². The Labute approximate surface area is 117 Å². The zero-order chi connectivity index (χ0) is 14.2. The largest absolute Gasteiger partial charge is 0.477 e. The van der Waals surface area contributed by atoms with Gasteiger partial charge in [0, 0.05) is 18.8 Å². The number of anilines is 1. The minimum absolute atomic E-state index is 0.107. The van der Waals surface area contributed by atoms with Crippen LogP contribution in [0, 0.1) is 0 Å². The average Bonchev–Trinajstić information content (AvgIpc) is 2.47. The van der Waals surface area contributed by atoms with Crippen LogP contribution in [-0.4, -0.2) is 27.5 Å². The van der Waals surface area contributed by atoms with Crippen molar-refractivity contribution in [3.8, 4) is 5.88 Å². The second kappa shape index (κ2) is 7.18. The lowest BCUT2D eigenvalue weighted by Gasteiger charge is -2.06. The Bertz CT molecular complexity index is 560. The molecule has 20 heavy (non-hydrogen) atoms. The predicted octanol–water partition coefficient (Wildman–Crippen LogP) is 1.84. The Balaban J connectivity index is 1.86. The number of rotatable bonds is 6. The zero-order valence-corrected chi connectivity index (χ0v) is 11.2. The molecule has 2 aromatic heterocycles. The van der Waals surface area contributed by atoms with Gasteiger partial charge in [-0.05, 0) is 31.0 Å². The Morgan fingerprint density at radius 1 is 1.25 bits per heavy atom. The minimum atomic E-state index is -0.107. The first-order valence-electron chi connectivity index (χ1n) is 6.41. The maximum Gasteiger partial charge on any atom is 0.234 e. The van der Waals surface area contributed by atoms with Gasteiger partial charge in [-0.3, -0.25) is 14.8 Å². The molecule has 0 aliphatic carbocycles. The molecule has 0 aliphatic heterocycles. The predicted molar refractivity (Wildman–Crippen MR) is 74.4 cm³/mol. The van der Waals surface area contributed by atoms with Gasteiger partial charge in [-0.25, -0.2) is 0 Å². The molecule has 2 rings (SSSR count). The minimum Gasteiger partial charge on any atom is -0.477 e. The molecule has 0 atom stereocenters. The maximum absolute atomic E-state index is 11.8. The third-order valence-corrected chi connectivity index (χ3v) is 2.56. The van der Waals surface area contributed by atoms with Crippen LogP contribution in [-0.2, 0) is 11.2 Å². The standard InChI is InChI=1S/C14H16N4O2/c1-2-20-14-10-16-9-12(18-14)17-13(19)4-3-11-5-7-15-8-6-11/h5-10H,2-4H2,1H3,(H,17,18,19). The normalized spacial score (nSPS) is 10.1. The molecule has 0 saturated heterocycles. The SMILES string of the molecule is CCOc1cncc(NC(=O)CCc2ccncc2)n1. The Morgan fingerprint density at radius 2 is 2.05 bits per heavy atom. The van der Waals surface area contributed by atoms with E-state index >= 15 is 0 Å². The van der Waals surface area contributed by atoms with Crippen molar-refractivity contribution in [1.82, 2.24) is 15.0 Å². The van der Waals surface area contributed by atoms with Crippen LogP contribution < -0.4 is 10.1 Å². The molecule has 2 aromatic rings. The Kier molecular flexibility index (Phi) is 5.00. The molecule has 0 radical (unpaired) electrons. The van der Waals surface area contributed by atoms with Gasteiger partial charge in [0.25, 0.3) is 0 Å². The van der Waals surface area contributed by atoms with E-state index in [2.05, 4.69) is 20.3 Å². The first-order chi connectivity index (χ1) is 9.78. The van der Waals surface area contributed by atoms with E-state index < -0.39 is 0 Å². The van der Waals surface area contributed by atoms with Crippen molar-refractivity contribution in [2.45, 2.75) is 19.8 Å². The fraction of sp³-hybridized carbons (Fsp3) is 0.286. The molecule has 0 spiro atoms. The maximum atomic E-state index is 11.8. The highest BCUT2D eigenvalue weighted by atomic mass is 16.5. The first kappa shape index (κ1) is 13.9. The molecular weight excluding hydrogens is 256 g/mol. The topological polar surface area (TPSA) is 77.0 Å². The molecule has 0 aromatic carbocycles. The van der Waals surface area contributed by atoms with E-state index in [1.165, 1.54) is 12.4 Å². The van der Waals surface area contributed by atoms with Crippen LogP contribution in [0.5, 0.6) is 5.88 Å². The first-order valence-corrected chi connectivity index (χ1v) is 6.41. The number of aromatic nitrogens is 3. The molecule has 2 heterocycles. The summed E-state index contributed by atoms with van der Waals surface area (Å²) < 4.78 is 5.23. The highest BCUT2D eigenvalue weighted by Gasteiger charge is 2.05. The van der Waals surface area contributed by atoms with Gasteiger partial charge in [0.1, 0.15) is 0 Å². The fourth-order valence-corrected chi connectivity index (χ4v) is 1.64. The van der Waals surface area contributed by atoms with Gasteiger partial charge in [0.2, 0.25) is 11.8 Å². The fourth-order valence-electron chi connectivity index (χ4n) is 1.64. The summed E-state index contributed by atoms with van der Waals surface area (Å²) in [5, 5.41) is 2.70. The molecular formula is C14H16N4O2. The molecule has 0 unspecified atom stereocenters. The highest BCUT2D eigenvalue weighted by Crippen LogP contribution is 2.09. The van der Waals surface area contributed by atoms with Crippen LogP contribution in [0.2, 0.25) is 0 Å².